The number of hydrogen-bond acceptors (Lipinski definition) is 6. The van der Waals surface area contributed by atoms with Gasteiger partial charge >= 0.3 is 12.1 Å². The van der Waals surface area contributed by atoms with E-state index < -0.39 is 23.6 Å². The number of ether oxygens (including phenoxy) is 1. The van der Waals surface area contributed by atoms with E-state index in [1.54, 1.807) is 0 Å². The zero-order valence-corrected chi connectivity index (χ0v) is 15.2. The molecule has 1 amide bonds. The van der Waals surface area contributed by atoms with Gasteiger partial charge in [0.2, 0.25) is 0 Å². The van der Waals surface area contributed by atoms with Crippen LogP contribution in [0.15, 0.2) is 48.2 Å². The van der Waals surface area contributed by atoms with Crippen molar-refractivity contribution in [3.05, 3.63) is 53.8 Å². The van der Waals surface area contributed by atoms with E-state index in [0.29, 0.717) is 5.69 Å². The third kappa shape index (κ3) is 4.09. The Bertz CT molecular complexity index is 955. The summed E-state index contributed by atoms with van der Waals surface area (Å²) in [5, 5.41) is 11.8. The van der Waals surface area contributed by atoms with E-state index in [1.807, 2.05) is 0 Å². The summed E-state index contributed by atoms with van der Waals surface area (Å²) in [6.45, 7) is -0.507. The molecule has 1 aliphatic heterocycles. The number of carbonyl (C=O) groups excluding carboxylic acids is 2. The Balaban J connectivity index is 2.08. The zero-order chi connectivity index (χ0) is 21.2. The topological polar surface area (TPSA) is 96.7 Å². The van der Waals surface area contributed by atoms with Gasteiger partial charge in [0, 0.05) is 18.9 Å². The number of halogens is 3. The van der Waals surface area contributed by atoms with Crippen molar-refractivity contribution in [3.63, 3.8) is 0 Å². The van der Waals surface area contributed by atoms with Crippen molar-refractivity contribution in [3.8, 4) is 5.69 Å². The number of alkyl halides is 3. The molecule has 0 atom stereocenters. The zero-order valence-electron chi connectivity index (χ0n) is 15.2. The van der Waals surface area contributed by atoms with Gasteiger partial charge < -0.3 is 24.6 Å². The first-order chi connectivity index (χ1) is 13.8. The fourth-order valence-electron chi connectivity index (χ4n) is 2.92. The molecule has 2 aromatic rings. The predicted octanol–water partition coefficient (Wildman–Crippen LogP) is 1.56. The van der Waals surface area contributed by atoms with Gasteiger partial charge in [0.25, 0.3) is 5.91 Å². The molecule has 0 fully saturated rings. The molecule has 0 radical (unpaired) electrons. The van der Waals surface area contributed by atoms with Crippen LogP contribution in [-0.2, 0) is 20.5 Å². The fraction of sp³-hybridized carbons (Fsp3) is 0.278. The standard InChI is InChI=1S/C18H17F3N4O4/c1-29-17(28)12-9-24(6-7-26)16(27)15(12)23-13-8-11(18(19,20)21)2-3-14(13)25-5-4-22-10-25/h2-5,8,10,23,26H,6-7,9H2,1H3. The first kappa shape index (κ1) is 20.4. The van der Waals surface area contributed by atoms with Crippen LogP contribution in [0.1, 0.15) is 5.56 Å². The van der Waals surface area contributed by atoms with E-state index >= 15 is 0 Å². The van der Waals surface area contributed by atoms with Crippen molar-refractivity contribution in [2.75, 3.05) is 32.1 Å². The average molecular weight is 410 g/mol. The lowest BCUT2D eigenvalue weighted by molar-refractivity contribution is -0.138. The van der Waals surface area contributed by atoms with E-state index in [9.17, 15) is 22.8 Å². The van der Waals surface area contributed by atoms with Crippen LogP contribution in [0.2, 0.25) is 0 Å². The highest BCUT2D eigenvalue weighted by Gasteiger charge is 2.36. The summed E-state index contributed by atoms with van der Waals surface area (Å²) in [4.78, 5) is 29.8. The number of nitrogens with one attached hydrogen (secondary N) is 1. The molecule has 0 spiro atoms. The van der Waals surface area contributed by atoms with Gasteiger partial charge in [0.15, 0.2) is 0 Å². The highest BCUT2D eigenvalue weighted by Crippen LogP contribution is 2.34. The maximum Gasteiger partial charge on any atom is 0.416 e. The van der Waals surface area contributed by atoms with Gasteiger partial charge in [-0.25, -0.2) is 9.78 Å². The number of methoxy groups -OCH3 is 1. The summed E-state index contributed by atoms with van der Waals surface area (Å²) in [5.41, 5.74) is -0.929. The number of nitrogens with zero attached hydrogens (tertiary/aromatic N) is 3. The Morgan fingerprint density at radius 1 is 1.38 bits per heavy atom. The maximum absolute atomic E-state index is 13.2. The number of esters is 1. The quantitative estimate of drug-likeness (QED) is 0.702. The Morgan fingerprint density at radius 2 is 2.14 bits per heavy atom. The number of benzene rings is 1. The van der Waals surface area contributed by atoms with Crippen LogP contribution in [0.3, 0.4) is 0 Å². The summed E-state index contributed by atoms with van der Waals surface area (Å²) >= 11 is 0. The molecule has 0 bridgehead atoms. The molecule has 0 aliphatic carbocycles. The van der Waals surface area contributed by atoms with E-state index in [4.69, 9.17) is 5.11 Å². The number of aliphatic hydroxyl groups is 1. The third-order valence-corrected chi connectivity index (χ3v) is 4.32. The molecule has 0 saturated carbocycles. The lowest BCUT2D eigenvalue weighted by Gasteiger charge is -2.18. The number of amides is 1. The first-order valence-electron chi connectivity index (χ1n) is 8.44. The second-order valence-electron chi connectivity index (χ2n) is 6.12. The number of hydrogen-bond donors (Lipinski definition) is 2. The molecule has 1 aliphatic rings. The van der Waals surface area contributed by atoms with Crippen LogP contribution in [0.5, 0.6) is 0 Å². The minimum absolute atomic E-state index is 0.0402. The van der Waals surface area contributed by atoms with Crippen LogP contribution in [0.25, 0.3) is 5.69 Å². The van der Waals surface area contributed by atoms with E-state index in [0.717, 1.165) is 19.2 Å². The third-order valence-electron chi connectivity index (χ3n) is 4.32. The lowest BCUT2D eigenvalue weighted by atomic mass is 10.1. The molecule has 2 N–H and O–H groups in total. The van der Waals surface area contributed by atoms with Crippen molar-refractivity contribution < 1.29 is 32.6 Å². The number of aromatic nitrogens is 2. The van der Waals surface area contributed by atoms with Crippen LogP contribution in [0, 0.1) is 0 Å². The Hall–Kier alpha value is -3.34. The van der Waals surface area contributed by atoms with Crippen molar-refractivity contribution in [1.29, 1.82) is 0 Å². The molecule has 1 aromatic heterocycles. The van der Waals surface area contributed by atoms with Gasteiger partial charge in [0.05, 0.1) is 49.1 Å². The van der Waals surface area contributed by atoms with Gasteiger partial charge in [-0.2, -0.15) is 13.2 Å². The minimum Gasteiger partial charge on any atom is -0.466 e. The van der Waals surface area contributed by atoms with Crippen molar-refractivity contribution in [2.24, 2.45) is 0 Å². The van der Waals surface area contributed by atoms with Crippen LogP contribution in [-0.4, -0.2) is 58.2 Å². The highest BCUT2D eigenvalue weighted by molar-refractivity contribution is 6.08. The van der Waals surface area contributed by atoms with Gasteiger partial charge in [-0.05, 0) is 18.2 Å². The molecule has 0 saturated heterocycles. The van der Waals surface area contributed by atoms with Gasteiger partial charge in [0.1, 0.15) is 5.70 Å². The predicted molar refractivity (Wildman–Crippen MR) is 94.9 cm³/mol. The Labute approximate surface area is 163 Å². The summed E-state index contributed by atoms with van der Waals surface area (Å²) in [6, 6.07) is 2.99. The SMILES string of the molecule is COC(=O)C1=C(Nc2cc(C(F)(F)F)ccc2-n2ccnc2)C(=O)N(CCO)C1. The van der Waals surface area contributed by atoms with Crippen LogP contribution in [0.4, 0.5) is 18.9 Å². The minimum atomic E-state index is -4.61. The fourth-order valence-corrected chi connectivity index (χ4v) is 2.92. The summed E-state index contributed by atoms with van der Waals surface area (Å²) in [7, 11) is 1.13. The van der Waals surface area contributed by atoms with E-state index in [1.165, 1.54) is 34.3 Å². The molecule has 11 heteroatoms. The molecular weight excluding hydrogens is 393 g/mol. The molecule has 2 heterocycles. The van der Waals surface area contributed by atoms with E-state index in [-0.39, 0.29) is 36.7 Å². The lowest BCUT2D eigenvalue weighted by Crippen LogP contribution is -2.31. The van der Waals surface area contributed by atoms with E-state index in [2.05, 4.69) is 15.0 Å². The first-order valence-corrected chi connectivity index (χ1v) is 8.44. The molecule has 8 nitrogen and oxygen atoms in total. The summed E-state index contributed by atoms with van der Waals surface area (Å²) in [5.74, 6) is -1.43. The Kier molecular flexibility index (Phi) is 5.59. The van der Waals surface area contributed by atoms with Crippen molar-refractivity contribution in [1.82, 2.24) is 14.5 Å². The largest absolute Gasteiger partial charge is 0.466 e. The highest BCUT2D eigenvalue weighted by atomic mass is 19.4. The van der Waals surface area contributed by atoms with Gasteiger partial charge in [-0.15, -0.1) is 0 Å². The number of anilines is 1. The number of aliphatic hydroxyl groups excluding tert-OH is 1. The number of imidazole rings is 1. The Morgan fingerprint density at radius 3 is 2.72 bits per heavy atom. The molecule has 29 heavy (non-hydrogen) atoms. The van der Waals surface area contributed by atoms with Gasteiger partial charge in [-0.3, -0.25) is 4.79 Å². The molecular formula is C18H17F3N4O4. The monoisotopic (exact) mass is 410 g/mol. The normalized spacial score (nSPS) is 14.5. The van der Waals surface area contributed by atoms with Crippen molar-refractivity contribution in [2.45, 2.75) is 6.18 Å². The molecule has 3 rings (SSSR count). The summed E-state index contributed by atoms with van der Waals surface area (Å²) in [6.07, 6.45) is -0.244. The summed E-state index contributed by atoms with van der Waals surface area (Å²) < 4.78 is 45.8. The molecule has 154 valence electrons. The van der Waals surface area contributed by atoms with Crippen LogP contribution >= 0.6 is 0 Å². The maximum atomic E-state index is 13.2. The average Bonchev–Trinajstić information content (AvgIpc) is 3.31. The smallest absolute Gasteiger partial charge is 0.416 e. The second-order valence-corrected chi connectivity index (χ2v) is 6.12. The second kappa shape index (κ2) is 7.95. The van der Waals surface area contributed by atoms with Gasteiger partial charge in [-0.1, -0.05) is 0 Å². The number of β-amino-alcohol motifs (C(OH)–C–C–N with tert-alkyl or cyclic N) is 1. The number of carbonyl (C=O) groups is 2. The molecule has 0 unspecified atom stereocenters. The molecule has 1 aromatic carbocycles. The number of rotatable bonds is 6. The van der Waals surface area contributed by atoms with Crippen LogP contribution < -0.4 is 5.32 Å². The van der Waals surface area contributed by atoms with Crippen molar-refractivity contribution >= 4 is 17.6 Å².